The zero-order valence-corrected chi connectivity index (χ0v) is 7.06. The van der Waals surface area contributed by atoms with Crippen LogP contribution in [0.4, 0.5) is 0 Å². The zero-order chi connectivity index (χ0) is 6.97. The second kappa shape index (κ2) is 2.15. The van der Waals surface area contributed by atoms with E-state index in [4.69, 9.17) is 0 Å². The summed E-state index contributed by atoms with van der Waals surface area (Å²) in [6, 6.07) is 0. The summed E-state index contributed by atoms with van der Waals surface area (Å²) in [5, 5.41) is 0. The van der Waals surface area contributed by atoms with Crippen LogP contribution in [0.25, 0.3) is 11.2 Å². The lowest BCUT2D eigenvalue weighted by Gasteiger charge is -1.86. The third kappa shape index (κ3) is 0.772. The van der Waals surface area contributed by atoms with E-state index in [-0.39, 0.29) is 0 Å². The minimum Gasteiger partial charge on any atom is -0.267 e. The van der Waals surface area contributed by atoms with Gasteiger partial charge in [-0.3, -0.25) is 2.78 Å². The highest BCUT2D eigenvalue weighted by Crippen LogP contribution is 2.09. The quantitative estimate of drug-likeness (QED) is 0.652. The summed E-state index contributed by atoms with van der Waals surface area (Å²) in [6.07, 6.45) is 4.94. The summed E-state index contributed by atoms with van der Waals surface area (Å²) >= 11 is 2.13. The molecule has 0 atom stereocenters. The van der Waals surface area contributed by atoms with E-state index in [1.807, 2.05) is 2.78 Å². The van der Waals surface area contributed by atoms with Crippen LogP contribution in [0, 0.1) is 0 Å². The molecule has 2 rings (SSSR count). The Labute approximate surface area is 70.8 Å². The molecule has 0 aromatic carbocycles. The van der Waals surface area contributed by atoms with E-state index in [1.165, 1.54) is 6.33 Å². The van der Waals surface area contributed by atoms with Crippen molar-refractivity contribution < 1.29 is 0 Å². The number of fused-ring (bicyclic) bond motifs is 1. The van der Waals surface area contributed by atoms with E-state index in [9.17, 15) is 0 Å². The smallest absolute Gasteiger partial charge is 0.181 e. The normalized spacial score (nSPS) is 10.5. The fourth-order valence-corrected chi connectivity index (χ4v) is 1.20. The lowest BCUT2D eigenvalue weighted by Crippen LogP contribution is -1.79. The molecule has 0 saturated carbocycles. The maximum atomic E-state index is 4.02. The van der Waals surface area contributed by atoms with Gasteiger partial charge in [0.05, 0.1) is 29.1 Å². The molecule has 0 amide bonds. The van der Waals surface area contributed by atoms with Crippen molar-refractivity contribution >= 4 is 34.0 Å². The van der Waals surface area contributed by atoms with Crippen molar-refractivity contribution in [3.05, 3.63) is 18.9 Å². The summed E-state index contributed by atoms with van der Waals surface area (Å²) in [4.78, 5) is 11.8. The van der Waals surface area contributed by atoms with Crippen molar-refractivity contribution in [2.75, 3.05) is 0 Å². The molecule has 0 aliphatic carbocycles. The Morgan fingerprint density at radius 3 is 3.10 bits per heavy atom. The zero-order valence-electron chi connectivity index (χ0n) is 4.90. The highest BCUT2D eigenvalue weighted by Gasteiger charge is 1.97. The molecule has 0 fully saturated rings. The Kier molecular flexibility index (Phi) is 1.30. The summed E-state index contributed by atoms with van der Waals surface area (Å²) in [5.41, 5.74) is 1.69. The monoisotopic (exact) mass is 246 g/mol. The number of aromatic nitrogens is 4. The van der Waals surface area contributed by atoms with Gasteiger partial charge < -0.3 is 0 Å². The Balaban J connectivity index is 2.93. The molecule has 0 N–H and O–H groups in total. The van der Waals surface area contributed by atoms with Crippen LogP contribution in [0.15, 0.2) is 18.9 Å². The van der Waals surface area contributed by atoms with Gasteiger partial charge >= 0.3 is 0 Å². The third-order valence-electron chi connectivity index (χ3n) is 1.18. The first-order valence-electron chi connectivity index (χ1n) is 2.67. The molecular formula is C5H3IN4. The average molecular weight is 246 g/mol. The van der Waals surface area contributed by atoms with Gasteiger partial charge in [0.15, 0.2) is 5.65 Å². The fraction of sp³-hybridized carbons (Fsp3) is 0. The van der Waals surface area contributed by atoms with Crippen molar-refractivity contribution in [1.82, 2.24) is 17.7 Å². The molecule has 2 aromatic heterocycles. The van der Waals surface area contributed by atoms with Crippen molar-refractivity contribution in [2.45, 2.75) is 0 Å². The van der Waals surface area contributed by atoms with Gasteiger partial charge in [0.2, 0.25) is 0 Å². The van der Waals surface area contributed by atoms with Gasteiger partial charge in [-0.25, -0.2) is 15.0 Å². The lowest BCUT2D eigenvalue weighted by atomic mass is 10.6. The molecule has 0 aliphatic rings. The molecule has 2 heterocycles. The SMILES string of the molecule is In1cnc2ncncc21. The van der Waals surface area contributed by atoms with E-state index in [0.717, 1.165) is 11.2 Å². The maximum Gasteiger partial charge on any atom is 0.181 e. The molecule has 0 unspecified atom stereocenters. The molecule has 0 bridgehead atoms. The van der Waals surface area contributed by atoms with Crippen LogP contribution >= 0.6 is 22.9 Å². The van der Waals surface area contributed by atoms with Gasteiger partial charge in [0.1, 0.15) is 18.2 Å². The predicted octanol–water partition coefficient (Wildman–Crippen LogP) is 1.02. The van der Waals surface area contributed by atoms with Crippen LogP contribution in [-0.4, -0.2) is 17.7 Å². The summed E-state index contributed by atoms with van der Waals surface area (Å²) in [7, 11) is 0. The number of rotatable bonds is 0. The van der Waals surface area contributed by atoms with Crippen LogP contribution in [0.2, 0.25) is 0 Å². The van der Waals surface area contributed by atoms with Crippen LogP contribution in [0.1, 0.15) is 0 Å². The van der Waals surface area contributed by atoms with Crippen molar-refractivity contribution in [2.24, 2.45) is 0 Å². The number of hydrogen-bond acceptors (Lipinski definition) is 3. The van der Waals surface area contributed by atoms with Crippen molar-refractivity contribution in [1.29, 1.82) is 0 Å². The van der Waals surface area contributed by atoms with Gasteiger partial charge in [-0.1, -0.05) is 0 Å². The average Bonchev–Trinajstić information content (AvgIpc) is 2.34. The van der Waals surface area contributed by atoms with Gasteiger partial charge in [-0.15, -0.1) is 0 Å². The first-order chi connectivity index (χ1) is 4.88. The number of imidazole rings is 1. The van der Waals surface area contributed by atoms with Crippen LogP contribution in [0.5, 0.6) is 0 Å². The summed E-state index contributed by atoms with van der Waals surface area (Å²) in [5.74, 6) is 0. The number of hydrogen-bond donors (Lipinski definition) is 0. The van der Waals surface area contributed by atoms with Crippen LogP contribution < -0.4 is 0 Å². The number of nitrogens with zero attached hydrogens (tertiary/aromatic N) is 4. The van der Waals surface area contributed by atoms with Gasteiger partial charge in [0, 0.05) is 0 Å². The van der Waals surface area contributed by atoms with Gasteiger partial charge in [-0.2, -0.15) is 0 Å². The molecular weight excluding hydrogens is 243 g/mol. The minimum absolute atomic E-state index is 0.740. The fourth-order valence-electron chi connectivity index (χ4n) is 0.734. The first kappa shape index (κ1) is 6.02. The molecule has 10 heavy (non-hydrogen) atoms. The number of halogens is 1. The molecule has 4 nitrogen and oxygen atoms in total. The second-order valence-corrected chi connectivity index (χ2v) is 2.83. The van der Waals surface area contributed by atoms with E-state index >= 15 is 0 Å². The largest absolute Gasteiger partial charge is 0.267 e. The third-order valence-corrected chi connectivity index (χ3v) is 1.95. The van der Waals surface area contributed by atoms with Gasteiger partial charge in [0.25, 0.3) is 0 Å². The first-order valence-corrected chi connectivity index (χ1v) is 3.63. The van der Waals surface area contributed by atoms with Crippen molar-refractivity contribution in [3.8, 4) is 0 Å². The molecule has 5 heteroatoms. The maximum absolute atomic E-state index is 4.02. The van der Waals surface area contributed by atoms with Crippen molar-refractivity contribution in [3.63, 3.8) is 0 Å². The van der Waals surface area contributed by atoms with E-state index in [1.54, 1.807) is 12.5 Å². The van der Waals surface area contributed by atoms with E-state index in [0.29, 0.717) is 0 Å². The topological polar surface area (TPSA) is 43.6 Å². The predicted molar refractivity (Wildman–Crippen MR) is 44.7 cm³/mol. The van der Waals surface area contributed by atoms with E-state index < -0.39 is 0 Å². The molecule has 50 valence electrons. The molecule has 0 spiro atoms. The highest BCUT2D eigenvalue weighted by molar-refractivity contribution is 14.1. The van der Waals surface area contributed by atoms with Crippen LogP contribution in [-0.2, 0) is 0 Å². The molecule has 0 radical (unpaired) electrons. The van der Waals surface area contributed by atoms with Gasteiger partial charge in [-0.05, 0) is 0 Å². The van der Waals surface area contributed by atoms with E-state index in [2.05, 4.69) is 37.8 Å². The Morgan fingerprint density at radius 1 is 1.40 bits per heavy atom. The standard InChI is InChI=1S/C5H3IN4/c6-10-3-9-5-4(10)1-7-2-8-5/h1-3H. The Bertz CT molecular complexity index is 355. The molecule has 0 saturated heterocycles. The Hall–Kier alpha value is -0.720. The highest BCUT2D eigenvalue weighted by atomic mass is 127. The minimum atomic E-state index is 0.740. The summed E-state index contributed by atoms with van der Waals surface area (Å²) < 4.78 is 1.85. The summed E-state index contributed by atoms with van der Waals surface area (Å²) in [6.45, 7) is 0. The Morgan fingerprint density at radius 2 is 2.30 bits per heavy atom. The molecule has 2 aromatic rings. The lowest BCUT2D eigenvalue weighted by molar-refractivity contribution is 1.20. The second-order valence-electron chi connectivity index (χ2n) is 1.79. The van der Waals surface area contributed by atoms with Crippen LogP contribution in [0.3, 0.4) is 0 Å². The molecule has 0 aliphatic heterocycles.